The number of ketones is 1. The first-order valence-electron chi connectivity index (χ1n) is 10.1. The van der Waals surface area contributed by atoms with Gasteiger partial charge in [0.05, 0.1) is 31.5 Å². The normalized spacial score (nSPS) is 35.5. The number of rotatable bonds is 8. The molecule has 5 nitrogen and oxygen atoms in total. The quantitative estimate of drug-likeness (QED) is 0.612. The van der Waals surface area contributed by atoms with Gasteiger partial charge in [0.15, 0.2) is 6.29 Å². The van der Waals surface area contributed by atoms with Gasteiger partial charge in [-0.3, -0.25) is 4.79 Å². The van der Waals surface area contributed by atoms with Crippen molar-refractivity contribution in [2.75, 3.05) is 19.8 Å². The molecule has 3 aliphatic rings. The molecule has 0 saturated carbocycles. The number of carbonyl (C=O) groups is 1. The van der Waals surface area contributed by atoms with Gasteiger partial charge >= 0.3 is 0 Å². The molecule has 0 aliphatic carbocycles. The molecular weight excluding hydrogens is 332 g/mol. The lowest BCUT2D eigenvalue weighted by Crippen LogP contribution is -2.57. The molecule has 3 rings (SSSR count). The lowest BCUT2D eigenvalue weighted by molar-refractivity contribution is -0.294. The Labute approximate surface area is 157 Å². The first-order chi connectivity index (χ1) is 12.3. The van der Waals surface area contributed by atoms with Crippen LogP contribution in [0.1, 0.15) is 66.2 Å². The fourth-order valence-corrected chi connectivity index (χ4v) is 4.26. The predicted octanol–water partition coefficient (Wildman–Crippen LogP) is 3.80. The molecule has 5 heteroatoms. The van der Waals surface area contributed by atoms with Gasteiger partial charge in [-0.1, -0.05) is 18.6 Å². The molecule has 0 N–H and O–H groups in total. The number of Topliss-reactive ketones (excluding diaryl/α,β-unsaturated/α-hetero) is 1. The topological polar surface area (TPSA) is 54.0 Å². The second kappa shape index (κ2) is 8.09. The fourth-order valence-electron chi connectivity index (χ4n) is 4.26. The number of allylic oxidation sites excluding steroid dienone is 2. The van der Waals surface area contributed by atoms with Gasteiger partial charge in [0.25, 0.3) is 0 Å². The first kappa shape index (κ1) is 20.0. The Morgan fingerprint density at radius 3 is 2.69 bits per heavy atom. The van der Waals surface area contributed by atoms with Crippen LogP contribution in [-0.4, -0.2) is 49.2 Å². The Morgan fingerprint density at radius 2 is 2.00 bits per heavy atom. The first-order valence-corrected chi connectivity index (χ1v) is 10.1. The van der Waals surface area contributed by atoms with Crippen molar-refractivity contribution in [1.82, 2.24) is 0 Å². The Hall–Kier alpha value is -0.750. The molecule has 148 valence electrons. The minimum atomic E-state index is -0.422. The maximum absolute atomic E-state index is 12.2. The van der Waals surface area contributed by atoms with Crippen LogP contribution in [0.15, 0.2) is 11.6 Å². The highest BCUT2D eigenvalue weighted by Gasteiger charge is 2.58. The van der Waals surface area contributed by atoms with Crippen molar-refractivity contribution in [2.45, 2.75) is 89.8 Å². The summed E-state index contributed by atoms with van der Waals surface area (Å²) >= 11 is 0. The zero-order valence-electron chi connectivity index (χ0n) is 16.7. The van der Waals surface area contributed by atoms with Crippen LogP contribution in [0.5, 0.6) is 0 Å². The van der Waals surface area contributed by atoms with E-state index in [2.05, 4.69) is 6.92 Å². The molecule has 0 aromatic carbocycles. The number of fused-ring (bicyclic) bond motifs is 2. The minimum Gasteiger partial charge on any atom is -0.369 e. The van der Waals surface area contributed by atoms with Crippen LogP contribution >= 0.6 is 0 Å². The summed E-state index contributed by atoms with van der Waals surface area (Å²) in [4.78, 5) is 12.2. The summed E-state index contributed by atoms with van der Waals surface area (Å²) in [6.07, 6.45) is 7.06. The summed E-state index contributed by atoms with van der Waals surface area (Å²) in [5.74, 6) is 0.425. The van der Waals surface area contributed by atoms with E-state index in [0.717, 1.165) is 32.1 Å². The zero-order valence-corrected chi connectivity index (χ0v) is 16.7. The van der Waals surface area contributed by atoms with Gasteiger partial charge in [0, 0.05) is 12.3 Å². The van der Waals surface area contributed by atoms with Crippen molar-refractivity contribution in [3.8, 4) is 0 Å². The van der Waals surface area contributed by atoms with Crippen LogP contribution in [0.3, 0.4) is 0 Å². The van der Waals surface area contributed by atoms with Gasteiger partial charge in [-0.05, 0) is 52.9 Å². The lowest BCUT2D eigenvalue weighted by atomic mass is 9.88. The Kier molecular flexibility index (Phi) is 6.22. The monoisotopic (exact) mass is 366 g/mol. The Bertz CT molecular complexity index is 535. The molecule has 4 atom stereocenters. The third-order valence-corrected chi connectivity index (χ3v) is 6.16. The van der Waals surface area contributed by atoms with Crippen LogP contribution in [0.25, 0.3) is 0 Å². The van der Waals surface area contributed by atoms with Crippen LogP contribution in [0.2, 0.25) is 0 Å². The minimum absolute atomic E-state index is 0.0840. The molecule has 4 unspecified atom stereocenters. The number of carbonyl (C=O) groups excluding carboxylic acids is 1. The van der Waals surface area contributed by atoms with E-state index in [9.17, 15) is 4.79 Å². The highest BCUT2D eigenvalue weighted by Crippen LogP contribution is 2.47. The lowest BCUT2D eigenvalue weighted by Gasteiger charge is -2.45. The van der Waals surface area contributed by atoms with E-state index in [4.69, 9.17) is 18.9 Å². The van der Waals surface area contributed by atoms with Crippen molar-refractivity contribution >= 4 is 5.78 Å². The second-order valence-electron chi connectivity index (χ2n) is 8.63. The average Bonchev–Trinajstić information content (AvgIpc) is 3.26. The molecule has 2 bridgehead atoms. The van der Waals surface area contributed by atoms with Gasteiger partial charge in [0.2, 0.25) is 0 Å². The largest absolute Gasteiger partial charge is 0.369 e. The van der Waals surface area contributed by atoms with Crippen molar-refractivity contribution < 1.29 is 23.7 Å². The van der Waals surface area contributed by atoms with E-state index in [-0.39, 0.29) is 23.9 Å². The van der Waals surface area contributed by atoms with E-state index >= 15 is 0 Å². The molecular formula is C21H34O5. The predicted molar refractivity (Wildman–Crippen MR) is 99.0 cm³/mol. The summed E-state index contributed by atoms with van der Waals surface area (Å²) in [5.41, 5.74) is 0.501. The third kappa shape index (κ3) is 4.22. The summed E-state index contributed by atoms with van der Waals surface area (Å²) in [7, 11) is 0. The average molecular weight is 366 g/mol. The number of hydrogen-bond donors (Lipinski definition) is 0. The van der Waals surface area contributed by atoms with E-state index in [1.54, 1.807) is 0 Å². The molecule has 3 saturated heterocycles. The van der Waals surface area contributed by atoms with Crippen LogP contribution in [0.4, 0.5) is 0 Å². The zero-order chi connectivity index (χ0) is 18.8. The van der Waals surface area contributed by atoms with Crippen molar-refractivity contribution in [3.05, 3.63) is 11.6 Å². The van der Waals surface area contributed by atoms with Crippen molar-refractivity contribution in [3.63, 3.8) is 0 Å². The molecule has 3 aliphatic heterocycles. The molecule has 3 heterocycles. The standard InChI is InChI=1S/C21H34O5/c1-15(2)7-8-17(22)16(3)6-5-10-20(4)18-9-11-21(26-18,14-25-20)19-23-12-13-24-19/h7,16,18-19H,5-6,8-14H2,1-4H3. The van der Waals surface area contributed by atoms with Crippen LogP contribution in [0, 0.1) is 5.92 Å². The summed E-state index contributed by atoms with van der Waals surface area (Å²) in [5, 5.41) is 0. The summed E-state index contributed by atoms with van der Waals surface area (Å²) in [6.45, 7) is 10.0. The van der Waals surface area contributed by atoms with Gasteiger partial charge < -0.3 is 18.9 Å². The highest BCUT2D eigenvalue weighted by atomic mass is 16.7. The summed E-state index contributed by atoms with van der Waals surface area (Å²) in [6, 6.07) is 0. The molecule has 0 aromatic heterocycles. The number of hydrogen-bond acceptors (Lipinski definition) is 5. The molecule has 0 radical (unpaired) electrons. The van der Waals surface area contributed by atoms with Gasteiger partial charge in [-0.2, -0.15) is 0 Å². The van der Waals surface area contributed by atoms with Crippen LogP contribution in [-0.2, 0) is 23.7 Å². The third-order valence-electron chi connectivity index (χ3n) is 6.16. The molecule has 0 spiro atoms. The summed E-state index contributed by atoms with van der Waals surface area (Å²) < 4.78 is 24.1. The van der Waals surface area contributed by atoms with Gasteiger partial charge in [0.1, 0.15) is 11.4 Å². The maximum atomic E-state index is 12.2. The van der Waals surface area contributed by atoms with Gasteiger partial charge in [-0.25, -0.2) is 0 Å². The highest BCUT2D eigenvalue weighted by molar-refractivity contribution is 5.82. The van der Waals surface area contributed by atoms with Gasteiger partial charge in [-0.15, -0.1) is 0 Å². The van der Waals surface area contributed by atoms with Crippen molar-refractivity contribution in [2.24, 2.45) is 5.92 Å². The molecule has 3 fully saturated rings. The Morgan fingerprint density at radius 1 is 1.27 bits per heavy atom. The van der Waals surface area contributed by atoms with Crippen LogP contribution < -0.4 is 0 Å². The smallest absolute Gasteiger partial charge is 0.189 e. The Balaban J connectivity index is 1.47. The SMILES string of the molecule is CC(C)=CCC(=O)C(C)CCCC1(C)OCC2(C3OCCO3)CCC1O2. The van der Waals surface area contributed by atoms with E-state index in [1.807, 2.05) is 26.8 Å². The molecule has 0 amide bonds. The molecule has 26 heavy (non-hydrogen) atoms. The fraction of sp³-hybridized carbons (Fsp3) is 0.857. The second-order valence-corrected chi connectivity index (χ2v) is 8.63. The number of ether oxygens (including phenoxy) is 4. The van der Waals surface area contributed by atoms with Crippen molar-refractivity contribution in [1.29, 1.82) is 0 Å². The maximum Gasteiger partial charge on any atom is 0.189 e. The van der Waals surface area contributed by atoms with E-state index in [1.165, 1.54) is 5.57 Å². The molecule has 0 aromatic rings. The van der Waals surface area contributed by atoms with E-state index in [0.29, 0.717) is 32.0 Å². The van der Waals surface area contributed by atoms with E-state index < -0.39 is 5.60 Å².